The van der Waals surface area contributed by atoms with Crippen LogP contribution in [0.5, 0.6) is 0 Å². The minimum absolute atomic E-state index is 0.0257. The monoisotopic (exact) mass is 322 g/mol. The van der Waals surface area contributed by atoms with Crippen LogP contribution in [0.2, 0.25) is 0 Å². The molecule has 1 heterocycles. The van der Waals surface area contributed by atoms with Gasteiger partial charge in [-0.2, -0.15) is 0 Å². The van der Waals surface area contributed by atoms with Crippen molar-refractivity contribution in [2.24, 2.45) is 5.92 Å². The van der Waals surface area contributed by atoms with Gasteiger partial charge in [-0.25, -0.2) is 12.7 Å². The number of carbonyl (C=O) groups excluding carboxylic acids is 1. The average molecular weight is 322 g/mol. The Morgan fingerprint density at radius 3 is 2.50 bits per heavy atom. The molecule has 0 radical (unpaired) electrons. The molecule has 120 valence electrons. The summed E-state index contributed by atoms with van der Waals surface area (Å²) >= 11 is 0. The number of benzene rings is 1. The van der Waals surface area contributed by atoms with E-state index in [9.17, 15) is 13.2 Å². The van der Waals surface area contributed by atoms with E-state index >= 15 is 0 Å². The molecule has 1 aliphatic rings. The standard InChI is InChI=1S/C16H22N2O3S/c1-2-12-18(16(19)15-8-10-17-11-9-15)22(20,21)13-14-6-4-3-5-7-14/h2-7,15,17H,1,8-13H2. The Balaban J connectivity index is 2.18. The normalized spacial score (nSPS) is 16.2. The van der Waals surface area contributed by atoms with Crippen LogP contribution in [-0.4, -0.2) is 38.3 Å². The number of carbonyl (C=O) groups is 1. The van der Waals surface area contributed by atoms with Crippen LogP contribution >= 0.6 is 0 Å². The first-order valence-corrected chi connectivity index (χ1v) is 9.05. The molecule has 0 bridgehead atoms. The van der Waals surface area contributed by atoms with E-state index in [1.54, 1.807) is 24.3 Å². The Morgan fingerprint density at radius 2 is 1.91 bits per heavy atom. The fourth-order valence-electron chi connectivity index (χ4n) is 2.59. The van der Waals surface area contributed by atoms with E-state index < -0.39 is 10.0 Å². The van der Waals surface area contributed by atoms with Gasteiger partial charge < -0.3 is 5.32 Å². The molecule has 1 N–H and O–H groups in total. The van der Waals surface area contributed by atoms with Gasteiger partial charge in [0.1, 0.15) is 0 Å². The van der Waals surface area contributed by atoms with Crippen molar-refractivity contribution < 1.29 is 13.2 Å². The van der Waals surface area contributed by atoms with Crippen LogP contribution in [0.15, 0.2) is 43.0 Å². The molecule has 0 atom stereocenters. The van der Waals surface area contributed by atoms with Gasteiger partial charge >= 0.3 is 0 Å². The van der Waals surface area contributed by atoms with Crippen LogP contribution < -0.4 is 5.32 Å². The SMILES string of the molecule is C=CCN(C(=O)C1CCNCC1)S(=O)(=O)Cc1ccccc1. The Bertz CT molecular complexity index is 608. The third-order valence-electron chi connectivity index (χ3n) is 3.76. The van der Waals surface area contributed by atoms with Crippen molar-refractivity contribution in [1.29, 1.82) is 0 Å². The lowest BCUT2D eigenvalue weighted by Crippen LogP contribution is -2.44. The van der Waals surface area contributed by atoms with Crippen molar-refractivity contribution >= 4 is 15.9 Å². The summed E-state index contributed by atoms with van der Waals surface area (Å²) in [5.74, 6) is -0.706. The summed E-state index contributed by atoms with van der Waals surface area (Å²) in [4.78, 5) is 12.6. The number of amides is 1. The summed E-state index contributed by atoms with van der Waals surface area (Å²) in [6.07, 6.45) is 2.81. The smallest absolute Gasteiger partial charge is 0.241 e. The first-order chi connectivity index (χ1) is 10.5. The largest absolute Gasteiger partial charge is 0.317 e. The number of piperidine rings is 1. The lowest BCUT2D eigenvalue weighted by Gasteiger charge is -2.28. The maximum atomic E-state index is 12.6. The van der Waals surface area contributed by atoms with Gasteiger partial charge in [-0.1, -0.05) is 36.4 Å². The van der Waals surface area contributed by atoms with Gasteiger partial charge in [0, 0.05) is 5.92 Å². The molecule has 0 aromatic heterocycles. The molecule has 1 aromatic carbocycles. The summed E-state index contributed by atoms with van der Waals surface area (Å²) in [7, 11) is -3.69. The zero-order valence-electron chi connectivity index (χ0n) is 12.6. The molecular weight excluding hydrogens is 300 g/mol. The van der Waals surface area contributed by atoms with Crippen LogP contribution in [0.1, 0.15) is 18.4 Å². The molecule has 1 amide bonds. The fraction of sp³-hybridized carbons (Fsp3) is 0.438. The highest BCUT2D eigenvalue weighted by atomic mass is 32.2. The first kappa shape index (κ1) is 16.7. The minimum Gasteiger partial charge on any atom is -0.317 e. The van der Waals surface area contributed by atoms with Gasteiger partial charge in [-0.3, -0.25) is 4.79 Å². The van der Waals surface area contributed by atoms with Gasteiger partial charge in [0.2, 0.25) is 15.9 Å². The maximum absolute atomic E-state index is 12.6. The van der Waals surface area contributed by atoms with E-state index in [4.69, 9.17) is 0 Å². The van der Waals surface area contributed by atoms with E-state index in [-0.39, 0.29) is 24.1 Å². The van der Waals surface area contributed by atoms with Crippen molar-refractivity contribution in [3.05, 3.63) is 48.6 Å². The van der Waals surface area contributed by atoms with Crippen molar-refractivity contribution in [3.63, 3.8) is 0 Å². The maximum Gasteiger partial charge on any atom is 0.241 e. The molecule has 0 spiro atoms. The number of nitrogens with one attached hydrogen (secondary N) is 1. The van der Waals surface area contributed by atoms with Crippen LogP contribution in [0.3, 0.4) is 0 Å². The number of sulfonamides is 1. The number of nitrogens with zero attached hydrogens (tertiary/aromatic N) is 1. The van der Waals surface area contributed by atoms with Gasteiger partial charge in [-0.05, 0) is 31.5 Å². The minimum atomic E-state index is -3.69. The van der Waals surface area contributed by atoms with Crippen LogP contribution in [0.4, 0.5) is 0 Å². The predicted molar refractivity (Wildman–Crippen MR) is 86.6 cm³/mol. The highest BCUT2D eigenvalue weighted by Crippen LogP contribution is 2.19. The topological polar surface area (TPSA) is 66.5 Å². The van der Waals surface area contributed by atoms with Crippen molar-refractivity contribution in [2.45, 2.75) is 18.6 Å². The van der Waals surface area contributed by atoms with E-state index in [1.807, 2.05) is 6.07 Å². The van der Waals surface area contributed by atoms with Gasteiger partial charge in [0.05, 0.1) is 12.3 Å². The molecule has 1 fully saturated rings. The van der Waals surface area contributed by atoms with Crippen molar-refractivity contribution in [3.8, 4) is 0 Å². The highest BCUT2D eigenvalue weighted by Gasteiger charge is 2.32. The molecule has 1 aliphatic heterocycles. The molecule has 0 aliphatic carbocycles. The molecule has 2 rings (SSSR count). The highest BCUT2D eigenvalue weighted by molar-refractivity contribution is 7.88. The Morgan fingerprint density at radius 1 is 1.27 bits per heavy atom. The van der Waals surface area contributed by atoms with E-state index in [0.717, 1.165) is 17.4 Å². The summed E-state index contributed by atoms with van der Waals surface area (Å²) in [6.45, 7) is 5.10. The molecule has 0 unspecified atom stereocenters. The lowest BCUT2D eigenvalue weighted by molar-refractivity contribution is -0.131. The first-order valence-electron chi connectivity index (χ1n) is 7.44. The summed E-state index contributed by atoms with van der Waals surface area (Å²) in [6, 6.07) is 8.91. The Hall–Kier alpha value is -1.66. The quantitative estimate of drug-likeness (QED) is 0.807. The van der Waals surface area contributed by atoms with E-state index in [2.05, 4.69) is 11.9 Å². The second-order valence-corrected chi connectivity index (χ2v) is 7.32. The molecule has 0 saturated carbocycles. The van der Waals surface area contributed by atoms with E-state index in [1.165, 1.54) is 6.08 Å². The predicted octanol–water partition coefficient (Wildman–Crippen LogP) is 1.53. The lowest BCUT2D eigenvalue weighted by atomic mass is 9.97. The zero-order valence-corrected chi connectivity index (χ0v) is 13.4. The third kappa shape index (κ3) is 4.18. The number of hydrogen-bond donors (Lipinski definition) is 1. The summed E-state index contributed by atoms with van der Waals surface area (Å²) < 4.78 is 26.2. The molecule has 5 nitrogen and oxygen atoms in total. The second kappa shape index (κ2) is 7.56. The Kier molecular flexibility index (Phi) is 5.74. The Labute approximate surface area is 132 Å². The third-order valence-corrected chi connectivity index (χ3v) is 5.46. The number of hydrogen-bond acceptors (Lipinski definition) is 4. The van der Waals surface area contributed by atoms with Crippen molar-refractivity contribution in [2.75, 3.05) is 19.6 Å². The van der Waals surface area contributed by atoms with E-state index in [0.29, 0.717) is 18.4 Å². The molecule has 6 heteroatoms. The molecule has 1 saturated heterocycles. The van der Waals surface area contributed by atoms with Crippen molar-refractivity contribution in [1.82, 2.24) is 9.62 Å². The molecular formula is C16H22N2O3S. The number of rotatable bonds is 6. The molecule has 22 heavy (non-hydrogen) atoms. The molecule has 1 aromatic rings. The average Bonchev–Trinajstić information content (AvgIpc) is 2.53. The second-order valence-electron chi connectivity index (χ2n) is 5.42. The summed E-state index contributed by atoms with van der Waals surface area (Å²) in [5, 5.41) is 3.18. The van der Waals surface area contributed by atoms with Gasteiger partial charge in [0.15, 0.2) is 0 Å². The van der Waals surface area contributed by atoms with Crippen LogP contribution in [0, 0.1) is 5.92 Å². The summed E-state index contributed by atoms with van der Waals surface area (Å²) in [5.41, 5.74) is 0.676. The van der Waals surface area contributed by atoms with Gasteiger partial charge in [-0.15, -0.1) is 6.58 Å². The van der Waals surface area contributed by atoms with Crippen LogP contribution in [-0.2, 0) is 20.6 Å². The fourth-order valence-corrected chi connectivity index (χ4v) is 4.12. The van der Waals surface area contributed by atoms with Gasteiger partial charge in [0.25, 0.3) is 0 Å². The van der Waals surface area contributed by atoms with Crippen LogP contribution in [0.25, 0.3) is 0 Å². The zero-order chi connectivity index (χ0) is 16.0.